The van der Waals surface area contributed by atoms with E-state index in [-0.39, 0.29) is 17.7 Å². The Morgan fingerprint density at radius 1 is 1.48 bits per heavy atom. The lowest BCUT2D eigenvalue weighted by Gasteiger charge is -2.36. The summed E-state index contributed by atoms with van der Waals surface area (Å²) in [5, 5.41) is 11.2. The average molecular weight is 316 g/mol. The monoisotopic (exact) mass is 316 g/mol. The standard InChI is InChI=1S/C19H24O4/c1-4-23-17(21)10-14(13-5-6-13)7-8-19(22)12(2)9-16(20)15-11-18(15,19)3/h7-10,13,15,22H,4-6,11H2,1-3H3/b8-7+,14-10+. The molecular weight excluding hydrogens is 292 g/mol. The van der Waals surface area contributed by atoms with Gasteiger partial charge in [0.15, 0.2) is 5.78 Å². The minimum Gasteiger partial charge on any atom is -0.463 e. The summed E-state index contributed by atoms with van der Waals surface area (Å²) in [6.07, 6.45) is 9.54. The van der Waals surface area contributed by atoms with E-state index in [1.54, 1.807) is 26.0 Å². The van der Waals surface area contributed by atoms with Gasteiger partial charge in [0.2, 0.25) is 0 Å². The van der Waals surface area contributed by atoms with Gasteiger partial charge in [0.05, 0.1) is 6.61 Å². The molecule has 4 nitrogen and oxygen atoms in total. The number of rotatable bonds is 5. The van der Waals surface area contributed by atoms with Crippen LogP contribution in [-0.4, -0.2) is 29.1 Å². The van der Waals surface area contributed by atoms with Crippen LogP contribution in [0.1, 0.15) is 40.0 Å². The van der Waals surface area contributed by atoms with E-state index in [0.717, 1.165) is 18.4 Å². The summed E-state index contributed by atoms with van der Waals surface area (Å²) in [6.45, 7) is 5.89. The molecule has 2 saturated carbocycles. The fraction of sp³-hybridized carbons (Fsp3) is 0.579. The van der Waals surface area contributed by atoms with Crippen LogP contribution in [0.15, 0.2) is 35.5 Å². The van der Waals surface area contributed by atoms with Crippen molar-refractivity contribution in [2.45, 2.75) is 45.6 Å². The van der Waals surface area contributed by atoms with Gasteiger partial charge in [-0.25, -0.2) is 4.79 Å². The van der Waals surface area contributed by atoms with Gasteiger partial charge >= 0.3 is 5.97 Å². The van der Waals surface area contributed by atoms with Crippen LogP contribution in [0.5, 0.6) is 0 Å². The van der Waals surface area contributed by atoms with E-state index in [2.05, 4.69) is 0 Å². The van der Waals surface area contributed by atoms with Gasteiger partial charge in [-0.1, -0.05) is 13.0 Å². The minimum atomic E-state index is -1.12. The molecule has 3 atom stereocenters. The number of carbonyl (C=O) groups is 2. The third kappa shape index (κ3) is 2.69. The molecule has 23 heavy (non-hydrogen) atoms. The number of aliphatic hydroxyl groups is 1. The van der Waals surface area contributed by atoms with E-state index in [4.69, 9.17) is 4.74 Å². The molecule has 0 spiro atoms. The second-order valence-electron chi connectivity index (χ2n) is 7.17. The smallest absolute Gasteiger partial charge is 0.331 e. The van der Waals surface area contributed by atoms with Crippen LogP contribution in [0.4, 0.5) is 0 Å². The van der Waals surface area contributed by atoms with Crippen LogP contribution in [0, 0.1) is 17.3 Å². The third-order valence-corrected chi connectivity index (χ3v) is 5.55. The topological polar surface area (TPSA) is 63.6 Å². The van der Waals surface area contributed by atoms with Crippen LogP contribution >= 0.6 is 0 Å². The Morgan fingerprint density at radius 2 is 2.17 bits per heavy atom. The van der Waals surface area contributed by atoms with Crippen molar-refractivity contribution in [1.29, 1.82) is 0 Å². The highest BCUT2D eigenvalue weighted by atomic mass is 16.5. The molecule has 0 radical (unpaired) electrons. The number of esters is 1. The van der Waals surface area contributed by atoms with Crippen molar-refractivity contribution < 1.29 is 19.4 Å². The number of hydrogen-bond donors (Lipinski definition) is 1. The van der Waals surface area contributed by atoms with E-state index in [1.807, 2.05) is 13.0 Å². The Morgan fingerprint density at radius 3 is 2.78 bits per heavy atom. The number of ketones is 1. The predicted molar refractivity (Wildman–Crippen MR) is 86.5 cm³/mol. The molecule has 2 fully saturated rings. The number of carbonyl (C=O) groups excluding carboxylic acids is 2. The molecule has 3 unspecified atom stereocenters. The summed E-state index contributed by atoms with van der Waals surface area (Å²) < 4.78 is 4.98. The van der Waals surface area contributed by atoms with E-state index >= 15 is 0 Å². The van der Waals surface area contributed by atoms with Crippen molar-refractivity contribution >= 4 is 11.8 Å². The van der Waals surface area contributed by atoms with Gasteiger partial charge in [0.25, 0.3) is 0 Å². The molecular formula is C19H24O4. The lowest BCUT2D eigenvalue weighted by Crippen LogP contribution is -2.42. The molecule has 3 aliphatic rings. The molecule has 0 aromatic carbocycles. The summed E-state index contributed by atoms with van der Waals surface area (Å²) in [7, 11) is 0. The average Bonchev–Trinajstić information content (AvgIpc) is 3.37. The van der Waals surface area contributed by atoms with Crippen molar-refractivity contribution in [1.82, 2.24) is 0 Å². The second kappa shape index (κ2) is 5.45. The summed E-state index contributed by atoms with van der Waals surface area (Å²) >= 11 is 0. The highest BCUT2D eigenvalue weighted by Gasteiger charge is 2.67. The number of allylic oxidation sites excluding steroid dienone is 3. The first-order valence-electron chi connectivity index (χ1n) is 8.34. The molecule has 4 heteroatoms. The largest absolute Gasteiger partial charge is 0.463 e. The third-order valence-electron chi connectivity index (χ3n) is 5.55. The second-order valence-corrected chi connectivity index (χ2v) is 7.17. The SMILES string of the molecule is CCOC(=O)/C=C(\C=C\C1(O)C(C)=CC(=O)C2CC21C)C1CC1. The lowest BCUT2D eigenvalue weighted by molar-refractivity contribution is -0.137. The number of fused-ring (bicyclic) bond motifs is 1. The number of ether oxygens (including phenoxy) is 1. The quantitative estimate of drug-likeness (QED) is 0.481. The first-order chi connectivity index (χ1) is 10.8. The lowest BCUT2D eigenvalue weighted by atomic mass is 9.73. The molecule has 0 heterocycles. The Bertz CT molecular complexity index is 638. The Labute approximate surface area is 136 Å². The molecule has 0 saturated heterocycles. The van der Waals surface area contributed by atoms with Crippen LogP contribution < -0.4 is 0 Å². The summed E-state index contributed by atoms with van der Waals surface area (Å²) in [4.78, 5) is 23.6. The van der Waals surface area contributed by atoms with E-state index < -0.39 is 11.0 Å². The van der Waals surface area contributed by atoms with Gasteiger partial charge in [-0.2, -0.15) is 0 Å². The van der Waals surface area contributed by atoms with Crippen molar-refractivity contribution in [3.63, 3.8) is 0 Å². The van der Waals surface area contributed by atoms with Crippen molar-refractivity contribution in [3.8, 4) is 0 Å². The van der Waals surface area contributed by atoms with Gasteiger partial charge in [-0.05, 0) is 62.3 Å². The van der Waals surface area contributed by atoms with E-state index in [0.29, 0.717) is 24.5 Å². The van der Waals surface area contributed by atoms with Crippen molar-refractivity contribution in [2.24, 2.45) is 17.3 Å². The van der Waals surface area contributed by atoms with Crippen molar-refractivity contribution in [2.75, 3.05) is 6.61 Å². The maximum absolute atomic E-state index is 11.9. The van der Waals surface area contributed by atoms with Crippen LogP contribution in [-0.2, 0) is 14.3 Å². The molecule has 0 aromatic heterocycles. The van der Waals surface area contributed by atoms with Gasteiger partial charge in [0, 0.05) is 17.4 Å². The van der Waals surface area contributed by atoms with Gasteiger partial charge in [0.1, 0.15) is 5.60 Å². The fourth-order valence-corrected chi connectivity index (χ4v) is 3.65. The first kappa shape index (κ1) is 16.2. The zero-order valence-electron chi connectivity index (χ0n) is 14.0. The van der Waals surface area contributed by atoms with E-state index in [1.165, 1.54) is 6.08 Å². The normalized spacial score (nSPS) is 36.7. The fourth-order valence-electron chi connectivity index (χ4n) is 3.65. The van der Waals surface area contributed by atoms with Gasteiger partial charge < -0.3 is 9.84 Å². The summed E-state index contributed by atoms with van der Waals surface area (Å²) in [5.41, 5.74) is 0.0512. The molecule has 0 aliphatic heterocycles. The zero-order chi connectivity index (χ0) is 16.8. The zero-order valence-corrected chi connectivity index (χ0v) is 14.0. The summed E-state index contributed by atoms with van der Waals surface area (Å²) in [6, 6.07) is 0. The van der Waals surface area contributed by atoms with Crippen LogP contribution in [0.3, 0.4) is 0 Å². The molecule has 3 rings (SSSR count). The number of hydrogen-bond acceptors (Lipinski definition) is 4. The van der Waals surface area contributed by atoms with E-state index in [9.17, 15) is 14.7 Å². The highest BCUT2D eigenvalue weighted by molar-refractivity contribution is 5.97. The van der Waals surface area contributed by atoms with Gasteiger partial charge in [-0.15, -0.1) is 0 Å². The molecule has 3 aliphatic carbocycles. The maximum atomic E-state index is 11.9. The van der Waals surface area contributed by atoms with Gasteiger partial charge in [-0.3, -0.25) is 4.79 Å². The molecule has 0 amide bonds. The van der Waals surface area contributed by atoms with Crippen LogP contribution in [0.2, 0.25) is 0 Å². The maximum Gasteiger partial charge on any atom is 0.331 e. The minimum absolute atomic E-state index is 0.0840. The molecule has 0 aromatic rings. The molecule has 124 valence electrons. The Kier molecular flexibility index (Phi) is 3.83. The predicted octanol–water partition coefficient (Wildman–Crippen LogP) is 2.73. The van der Waals surface area contributed by atoms with Crippen molar-refractivity contribution in [3.05, 3.63) is 35.5 Å². The molecule has 1 N–H and O–H groups in total. The molecule has 0 bridgehead atoms. The Hall–Kier alpha value is -1.68. The first-order valence-corrected chi connectivity index (χ1v) is 8.34. The van der Waals surface area contributed by atoms with Crippen LogP contribution in [0.25, 0.3) is 0 Å². The summed E-state index contributed by atoms with van der Waals surface area (Å²) in [5.74, 6) is 0.0658. The Balaban J connectivity index is 1.86. The highest BCUT2D eigenvalue weighted by Crippen LogP contribution is 2.64.